The van der Waals surface area contributed by atoms with Crippen LogP contribution < -0.4 is 0 Å². The van der Waals surface area contributed by atoms with Crippen molar-refractivity contribution < 1.29 is 4.74 Å². The number of hydrogen-bond acceptors (Lipinski definition) is 1. The molecule has 0 atom stereocenters. The molecule has 2 fully saturated rings. The third-order valence-electron chi connectivity index (χ3n) is 2.14. The Kier molecular flexibility index (Phi) is 0.571. The average Bonchev–Trinajstić information content (AvgIpc) is 2.15. The van der Waals surface area contributed by atoms with Crippen molar-refractivity contribution in [3.8, 4) is 0 Å². The summed E-state index contributed by atoms with van der Waals surface area (Å²) in [5, 5.41) is 0. The summed E-state index contributed by atoms with van der Waals surface area (Å²) in [6.07, 6.45) is 4.22. The Morgan fingerprint density at radius 3 is 2.29 bits per heavy atom. The van der Waals surface area contributed by atoms with Gasteiger partial charge in [-0.3, -0.25) is 0 Å². The molecule has 2 rings (SSSR count). The summed E-state index contributed by atoms with van der Waals surface area (Å²) in [7, 11) is 0. The van der Waals surface area contributed by atoms with Gasteiger partial charge >= 0.3 is 0 Å². The number of hydrogen-bond donors (Lipinski definition) is 0. The zero-order valence-electron chi connectivity index (χ0n) is 4.44. The first-order valence-corrected chi connectivity index (χ1v) is 2.99. The van der Waals surface area contributed by atoms with E-state index in [4.69, 9.17) is 4.74 Å². The fourth-order valence-electron chi connectivity index (χ4n) is 1.22. The lowest BCUT2D eigenvalue weighted by Crippen LogP contribution is -1.95. The van der Waals surface area contributed by atoms with Gasteiger partial charge in [0.1, 0.15) is 0 Å². The molecule has 0 aromatic heterocycles. The van der Waals surface area contributed by atoms with E-state index in [9.17, 15) is 0 Å². The number of ether oxygens (including phenoxy) is 1. The smallest absolute Gasteiger partial charge is 0.0523 e. The summed E-state index contributed by atoms with van der Waals surface area (Å²) >= 11 is 0. The molecule has 1 saturated heterocycles. The van der Waals surface area contributed by atoms with Crippen LogP contribution in [-0.2, 0) is 4.74 Å². The van der Waals surface area contributed by atoms with Crippen LogP contribution in [0, 0.1) is 5.41 Å². The lowest BCUT2D eigenvalue weighted by atomic mass is 10.1. The maximum Gasteiger partial charge on any atom is 0.0523 e. The van der Waals surface area contributed by atoms with Crippen LogP contribution in [0.2, 0.25) is 0 Å². The van der Waals surface area contributed by atoms with Crippen LogP contribution in [0.25, 0.3) is 0 Å². The zero-order chi connectivity index (χ0) is 4.74. The predicted octanol–water partition coefficient (Wildman–Crippen LogP) is 1.19. The van der Waals surface area contributed by atoms with Crippen molar-refractivity contribution in [1.82, 2.24) is 0 Å². The molecule has 1 heteroatoms. The molecule has 7 heavy (non-hydrogen) atoms. The second-order valence-corrected chi connectivity index (χ2v) is 2.80. The second kappa shape index (κ2) is 1.03. The summed E-state index contributed by atoms with van der Waals surface area (Å²) in [5.74, 6) is 0. The van der Waals surface area contributed by atoms with Crippen molar-refractivity contribution in [2.45, 2.75) is 19.3 Å². The Balaban J connectivity index is 2.07. The Labute approximate surface area is 43.7 Å². The van der Waals surface area contributed by atoms with E-state index < -0.39 is 0 Å². The molecule has 40 valence electrons. The molecular formula is C6H10O. The van der Waals surface area contributed by atoms with Gasteiger partial charge in [-0.05, 0) is 24.7 Å². The van der Waals surface area contributed by atoms with Gasteiger partial charge in [-0.1, -0.05) is 0 Å². The summed E-state index contributed by atoms with van der Waals surface area (Å²) in [6, 6.07) is 0. The van der Waals surface area contributed by atoms with Gasteiger partial charge in [-0.2, -0.15) is 0 Å². The van der Waals surface area contributed by atoms with E-state index in [2.05, 4.69) is 0 Å². The van der Waals surface area contributed by atoms with Crippen molar-refractivity contribution in [2.24, 2.45) is 5.41 Å². The molecule has 0 aromatic rings. The molecule has 1 heterocycles. The van der Waals surface area contributed by atoms with Crippen molar-refractivity contribution in [3.05, 3.63) is 0 Å². The van der Waals surface area contributed by atoms with E-state index in [0.29, 0.717) is 0 Å². The number of rotatable bonds is 0. The maximum atomic E-state index is 5.22. The molecule has 0 aromatic carbocycles. The first-order valence-electron chi connectivity index (χ1n) is 2.99. The van der Waals surface area contributed by atoms with Gasteiger partial charge in [0.2, 0.25) is 0 Å². The molecule has 0 amide bonds. The van der Waals surface area contributed by atoms with Crippen molar-refractivity contribution in [3.63, 3.8) is 0 Å². The van der Waals surface area contributed by atoms with Gasteiger partial charge in [0, 0.05) is 6.61 Å². The normalized spacial score (nSPS) is 34.3. The highest BCUT2D eigenvalue weighted by Gasteiger charge is 2.45. The van der Waals surface area contributed by atoms with Gasteiger partial charge in [-0.25, -0.2) is 0 Å². The van der Waals surface area contributed by atoms with Crippen molar-refractivity contribution >= 4 is 0 Å². The standard InChI is InChI=1S/C6H10O/c1-2-6(1)3-4-7-5-6/h1-5H2. The van der Waals surface area contributed by atoms with E-state index in [1.807, 2.05) is 0 Å². The lowest BCUT2D eigenvalue weighted by Gasteiger charge is -1.95. The van der Waals surface area contributed by atoms with Crippen molar-refractivity contribution in [2.75, 3.05) is 13.2 Å². The summed E-state index contributed by atoms with van der Waals surface area (Å²) < 4.78 is 5.22. The van der Waals surface area contributed by atoms with E-state index in [1.54, 1.807) is 0 Å². The molecule has 0 unspecified atom stereocenters. The molecular weight excluding hydrogens is 88.1 g/mol. The van der Waals surface area contributed by atoms with E-state index in [0.717, 1.165) is 18.6 Å². The quantitative estimate of drug-likeness (QED) is 0.442. The third-order valence-corrected chi connectivity index (χ3v) is 2.14. The van der Waals surface area contributed by atoms with E-state index >= 15 is 0 Å². The molecule has 1 aliphatic carbocycles. The Bertz CT molecular complexity index is 76.2. The summed E-state index contributed by atoms with van der Waals surface area (Å²) in [4.78, 5) is 0. The van der Waals surface area contributed by atoms with Crippen LogP contribution in [0.15, 0.2) is 0 Å². The van der Waals surface area contributed by atoms with Crippen LogP contribution >= 0.6 is 0 Å². The van der Waals surface area contributed by atoms with Crippen molar-refractivity contribution in [1.29, 1.82) is 0 Å². The molecule has 0 bridgehead atoms. The van der Waals surface area contributed by atoms with E-state index in [1.165, 1.54) is 19.3 Å². The predicted molar refractivity (Wildman–Crippen MR) is 27.1 cm³/mol. The highest BCUT2D eigenvalue weighted by atomic mass is 16.5. The third kappa shape index (κ3) is 0.480. The van der Waals surface area contributed by atoms with Gasteiger partial charge in [-0.15, -0.1) is 0 Å². The summed E-state index contributed by atoms with van der Waals surface area (Å²) in [5.41, 5.74) is 0.722. The molecule has 0 radical (unpaired) electrons. The summed E-state index contributed by atoms with van der Waals surface area (Å²) in [6.45, 7) is 2.09. The molecule has 2 aliphatic rings. The Hall–Kier alpha value is -0.0400. The topological polar surface area (TPSA) is 9.23 Å². The van der Waals surface area contributed by atoms with Gasteiger partial charge in [0.25, 0.3) is 0 Å². The minimum atomic E-state index is 0.722. The van der Waals surface area contributed by atoms with Crippen LogP contribution in [0.5, 0.6) is 0 Å². The van der Waals surface area contributed by atoms with Gasteiger partial charge < -0.3 is 4.74 Å². The van der Waals surface area contributed by atoms with Crippen LogP contribution in [0.3, 0.4) is 0 Å². The largest absolute Gasteiger partial charge is 0.381 e. The highest BCUT2D eigenvalue weighted by Crippen LogP contribution is 2.51. The average molecular weight is 98.1 g/mol. The fourth-order valence-corrected chi connectivity index (χ4v) is 1.22. The molecule has 1 spiro atoms. The van der Waals surface area contributed by atoms with Crippen LogP contribution in [-0.4, -0.2) is 13.2 Å². The molecule has 1 aliphatic heterocycles. The Morgan fingerprint density at radius 2 is 2.00 bits per heavy atom. The SMILES string of the molecule is C1CC2(CC2)CO1. The molecule has 0 N–H and O–H groups in total. The second-order valence-electron chi connectivity index (χ2n) is 2.80. The minimum absolute atomic E-state index is 0.722. The molecule has 1 saturated carbocycles. The first-order chi connectivity index (χ1) is 3.41. The lowest BCUT2D eigenvalue weighted by molar-refractivity contribution is 0.182. The minimum Gasteiger partial charge on any atom is -0.381 e. The Morgan fingerprint density at radius 1 is 1.14 bits per heavy atom. The van der Waals surface area contributed by atoms with Gasteiger partial charge in [0.05, 0.1) is 6.61 Å². The monoisotopic (exact) mass is 98.1 g/mol. The molecule has 1 nitrogen and oxygen atoms in total. The van der Waals surface area contributed by atoms with Gasteiger partial charge in [0.15, 0.2) is 0 Å². The zero-order valence-corrected chi connectivity index (χ0v) is 4.44. The van der Waals surface area contributed by atoms with E-state index in [-0.39, 0.29) is 0 Å². The fraction of sp³-hybridized carbons (Fsp3) is 1.00. The highest BCUT2D eigenvalue weighted by molar-refractivity contribution is 4.95. The maximum absolute atomic E-state index is 5.22. The first kappa shape index (κ1) is 3.90. The van der Waals surface area contributed by atoms with Crippen LogP contribution in [0.1, 0.15) is 19.3 Å². The van der Waals surface area contributed by atoms with Crippen LogP contribution in [0.4, 0.5) is 0 Å².